The second-order valence-electron chi connectivity index (χ2n) is 19.2. The van der Waals surface area contributed by atoms with E-state index in [1.165, 1.54) is 173 Å². The van der Waals surface area contributed by atoms with Gasteiger partial charge in [-0.05, 0) is 37.0 Å². The van der Waals surface area contributed by atoms with E-state index < -0.39 is 6.10 Å². The summed E-state index contributed by atoms with van der Waals surface area (Å²) in [6.07, 6.45) is 45.1. The minimum absolute atomic E-state index is 0.0651. The Morgan fingerprint density at radius 2 is 0.533 bits per heavy atom. The highest BCUT2D eigenvalue weighted by Crippen LogP contribution is 2.19. The molecule has 0 amide bonds. The molecule has 0 aromatic carbocycles. The van der Waals surface area contributed by atoms with Gasteiger partial charge in [0, 0.05) is 19.3 Å². The van der Waals surface area contributed by atoms with Crippen molar-refractivity contribution in [3.8, 4) is 0 Å². The average molecular weight is 849 g/mol. The van der Waals surface area contributed by atoms with Gasteiger partial charge in [0.25, 0.3) is 0 Å². The number of esters is 3. The fourth-order valence-electron chi connectivity index (χ4n) is 8.02. The Balaban J connectivity index is 4.29. The molecule has 0 fully saturated rings. The van der Waals surface area contributed by atoms with Crippen molar-refractivity contribution in [1.29, 1.82) is 0 Å². The molecule has 60 heavy (non-hydrogen) atoms. The fourth-order valence-corrected chi connectivity index (χ4v) is 8.02. The summed E-state index contributed by atoms with van der Waals surface area (Å²) in [6.45, 7) is 13.8. The molecule has 0 aliphatic rings. The summed E-state index contributed by atoms with van der Waals surface area (Å²) in [6, 6.07) is 0. The second kappa shape index (κ2) is 45.4. The molecular weight excluding hydrogens is 745 g/mol. The highest BCUT2D eigenvalue weighted by Gasteiger charge is 2.19. The Hall–Kier alpha value is -1.59. The zero-order valence-electron chi connectivity index (χ0n) is 41.3. The van der Waals surface area contributed by atoms with Gasteiger partial charge in [0.15, 0.2) is 6.10 Å². The summed E-state index contributed by atoms with van der Waals surface area (Å²) >= 11 is 0. The monoisotopic (exact) mass is 849 g/mol. The third kappa shape index (κ3) is 43.1. The van der Waals surface area contributed by atoms with E-state index >= 15 is 0 Å². The van der Waals surface area contributed by atoms with Gasteiger partial charge >= 0.3 is 17.9 Å². The Morgan fingerprint density at radius 1 is 0.317 bits per heavy atom. The van der Waals surface area contributed by atoms with Crippen LogP contribution in [-0.4, -0.2) is 37.2 Å². The molecule has 0 saturated carbocycles. The normalized spacial score (nSPS) is 13.5. The molecule has 0 aliphatic heterocycles. The van der Waals surface area contributed by atoms with E-state index in [9.17, 15) is 14.4 Å². The van der Waals surface area contributed by atoms with Crippen LogP contribution in [-0.2, 0) is 28.6 Å². The first-order valence-electron chi connectivity index (χ1n) is 26.7. The molecule has 0 heterocycles. The Kier molecular flexibility index (Phi) is 44.2. The van der Waals surface area contributed by atoms with Gasteiger partial charge in [0.2, 0.25) is 0 Å². The van der Waals surface area contributed by atoms with Crippen LogP contribution in [0.2, 0.25) is 0 Å². The van der Waals surface area contributed by atoms with Gasteiger partial charge < -0.3 is 14.2 Å². The number of unbranched alkanes of at least 4 members (excludes halogenated alkanes) is 27. The van der Waals surface area contributed by atoms with Crippen molar-refractivity contribution < 1.29 is 28.6 Å². The molecule has 6 heteroatoms. The van der Waals surface area contributed by atoms with E-state index in [0.29, 0.717) is 19.3 Å². The zero-order chi connectivity index (χ0) is 44.2. The van der Waals surface area contributed by atoms with Gasteiger partial charge in [-0.3, -0.25) is 14.4 Å². The maximum atomic E-state index is 12.8. The molecular formula is C54H104O6. The van der Waals surface area contributed by atoms with Crippen molar-refractivity contribution in [1.82, 2.24) is 0 Å². The van der Waals surface area contributed by atoms with Gasteiger partial charge in [-0.15, -0.1) is 0 Å². The molecule has 356 valence electrons. The summed E-state index contributed by atoms with van der Waals surface area (Å²) in [5.41, 5.74) is 0. The molecule has 4 atom stereocenters. The number of carbonyl (C=O) groups excluding carboxylic acids is 3. The largest absolute Gasteiger partial charge is 0.462 e. The highest BCUT2D eigenvalue weighted by atomic mass is 16.6. The summed E-state index contributed by atoms with van der Waals surface area (Å²) in [4.78, 5) is 38.0. The Labute approximate surface area is 374 Å². The topological polar surface area (TPSA) is 78.9 Å². The maximum Gasteiger partial charge on any atom is 0.306 e. The van der Waals surface area contributed by atoms with E-state index in [0.717, 1.165) is 75.5 Å². The van der Waals surface area contributed by atoms with E-state index in [-0.39, 0.29) is 31.1 Å². The van der Waals surface area contributed by atoms with E-state index in [1.54, 1.807) is 0 Å². The van der Waals surface area contributed by atoms with Crippen LogP contribution in [0.15, 0.2) is 0 Å². The Morgan fingerprint density at radius 3 is 0.783 bits per heavy atom. The molecule has 0 aliphatic carbocycles. The van der Waals surface area contributed by atoms with Crippen LogP contribution in [0.3, 0.4) is 0 Å². The lowest BCUT2D eigenvalue weighted by molar-refractivity contribution is -0.167. The number of carbonyl (C=O) groups is 3. The van der Waals surface area contributed by atoms with Crippen LogP contribution < -0.4 is 0 Å². The van der Waals surface area contributed by atoms with Crippen molar-refractivity contribution in [2.24, 2.45) is 17.8 Å². The number of rotatable bonds is 47. The first-order chi connectivity index (χ1) is 29.2. The SMILES string of the molecule is CCC(C)CCCCCCCCCCCCCCCCC(=O)OC[C@@H](COC(=O)CCCCCCCCC(C)CC)OC(=O)CCCCCCCCCCCCC(C)CC. The number of ether oxygens (including phenoxy) is 3. The molecule has 3 unspecified atom stereocenters. The smallest absolute Gasteiger partial charge is 0.306 e. The molecule has 0 rings (SSSR count). The summed E-state index contributed by atoms with van der Waals surface area (Å²) in [7, 11) is 0. The molecule has 0 radical (unpaired) electrons. The lowest BCUT2D eigenvalue weighted by Crippen LogP contribution is -2.30. The summed E-state index contributed by atoms with van der Waals surface area (Å²) in [5, 5.41) is 0. The first kappa shape index (κ1) is 58.4. The number of hydrogen-bond donors (Lipinski definition) is 0. The molecule has 0 spiro atoms. The minimum Gasteiger partial charge on any atom is -0.462 e. The molecule has 0 aromatic heterocycles. The van der Waals surface area contributed by atoms with Crippen molar-refractivity contribution in [3.63, 3.8) is 0 Å². The molecule has 0 aromatic rings. The standard InChI is InChI=1S/C54H104O6/c1-7-48(4)40-34-28-22-18-14-12-10-11-13-15-20-24-31-37-43-52(55)58-46-51(47-59-53(56)44-38-32-27-26-30-36-42-50(6)9-3)60-54(57)45-39-33-25-21-17-16-19-23-29-35-41-49(5)8-2/h48-51H,7-47H2,1-6H3/t48?,49?,50?,51-/m0/s1. The lowest BCUT2D eigenvalue weighted by atomic mass is 9.99. The van der Waals surface area contributed by atoms with Crippen molar-refractivity contribution in [2.45, 2.75) is 298 Å². The predicted octanol–water partition coefficient (Wildman–Crippen LogP) is 17.2. The van der Waals surface area contributed by atoms with Crippen LogP contribution in [0.1, 0.15) is 292 Å². The van der Waals surface area contributed by atoms with E-state index in [4.69, 9.17) is 14.2 Å². The molecule has 0 bridgehead atoms. The van der Waals surface area contributed by atoms with Crippen LogP contribution in [0, 0.1) is 17.8 Å². The third-order valence-corrected chi connectivity index (χ3v) is 13.2. The van der Waals surface area contributed by atoms with Crippen LogP contribution >= 0.6 is 0 Å². The molecule has 6 nitrogen and oxygen atoms in total. The third-order valence-electron chi connectivity index (χ3n) is 13.2. The van der Waals surface area contributed by atoms with Gasteiger partial charge in [-0.1, -0.05) is 253 Å². The first-order valence-corrected chi connectivity index (χ1v) is 26.7. The zero-order valence-corrected chi connectivity index (χ0v) is 41.3. The average Bonchev–Trinajstić information content (AvgIpc) is 3.25. The van der Waals surface area contributed by atoms with Crippen LogP contribution in [0.25, 0.3) is 0 Å². The van der Waals surface area contributed by atoms with E-state index in [1.807, 2.05) is 0 Å². The van der Waals surface area contributed by atoms with Crippen LogP contribution in [0.5, 0.6) is 0 Å². The Bertz CT molecular complexity index is 935. The highest BCUT2D eigenvalue weighted by molar-refractivity contribution is 5.71. The number of hydrogen-bond acceptors (Lipinski definition) is 6. The lowest BCUT2D eigenvalue weighted by Gasteiger charge is -2.18. The fraction of sp³-hybridized carbons (Fsp3) is 0.944. The predicted molar refractivity (Wildman–Crippen MR) is 256 cm³/mol. The van der Waals surface area contributed by atoms with Gasteiger partial charge in [-0.2, -0.15) is 0 Å². The van der Waals surface area contributed by atoms with Gasteiger partial charge in [0.1, 0.15) is 13.2 Å². The second-order valence-corrected chi connectivity index (χ2v) is 19.2. The molecule has 0 saturated heterocycles. The quantitative estimate of drug-likeness (QED) is 0.0345. The summed E-state index contributed by atoms with van der Waals surface area (Å²) < 4.78 is 16.8. The minimum atomic E-state index is -0.763. The van der Waals surface area contributed by atoms with E-state index in [2.05, 4.69) is 41.5 Å². The summed E-state index contributed by atoms with van der Waals surface area (Å²) in [5.74, 6) is 1.72. The van der Waals surface area contributed by atoms with Gasteiger partial charge in [0.05, 0.1) is 0 Å². The van der Waals surface area contributed by atoms with Crippen LogP contribution in [0.4, 0.5) is 0 Å². The van der Waals surface area contributed by atoms with Crippen molar-refractivity contribution in [3.05, 3.63) is 0 Å². The maximum absolute atomic E-state index is 12.8. The van der Waals surface area contributed by atoms with Crippen molar-refractivity contribution >= 4 is 17.9 Å². The van der Waals surface area contributed by atoms with Gasteiger partial charge in [-0.25, -0.2) is 0 Å². The van der Waals surface area contributed by atoms with Crippen molar-refractivity contribution in [2.75, 3.05) is 13.2 Å². The molecule has 0 N–H and O–H groups in total.